The minimum absolute atomic E-state index is 0. The molecular weight excluding hydrogens is 274 g/mol. The number of halogens is 3. The molecule has 1 unspecified atom stereocenters. The van der Waals surface area contributed by atoms with Crippen LogP contribution >= 0.6 is 12.4 Å². The Morgan fingerprint density at radius 1 is 1.47 bits per heavy atom. The molecular formula is C13H17ClF2N2O. The second-order valence-electron chi connectivity index (χ2n) is 5.12. The summed E-state index contributed by atoms with van der Waals surface area (Å²) in [5, 5.41) is 0. The zero-order valence-electron chi connectivity index (χ0n) is 10.7. The van der Waals surface area contributed by atoms with Crippen molar-refractivity contribution in [1.29, 1.82) is 0 Å². The van der Waals surface area contributed by atoms with Gasteiger partial charge in [-0.1, -0.05) is 6.92 Å². The van der Waals surface area contributed by atoms with Crippen LogP contribution in [0.3, 0.4) is 0 Å². The van der Waals surface area contributed by atoms with Gasteiger partial charge in [-0.3, -0.25) is 4.79 Å². The summed E-state index contributed by atoms with van der Waals surface area (Å²) in [4.78, 5) is 13.6. The minimum atomic E-state index is -0.692. The maximum atomic E-state index is 13.5. The molecule has 1 saturated heterocycles. The lowest BCUT2D eigenvalue weighted by Gasteiger charge is -2.22. The van der Waals surface area contributed by atoms with E-state index in [0.717, 1.165) is 24.6 Å². The minimum Gasteiger partial charge on any atom is -0.338 e. The average Bonchev–Trinajstić information content (AvgIpc) is 2.75. The summed E-state index contributed by atoms with van der Waals surface area (Å²) in [5.74, 6) is -1.77. The fourth-order valence-corrected chi connectivity index (χ4v) is 2.20. The molecule has 3 nitrogen and oxygen atoms in total. The number of carbonyl (C=O) groups excluding carboxylic acids is 1. The molecule has 106 valence electrons. The Labute approximate surface area is 117 Å². The highest BCUT2D eigenvalue weighted by atomic mass is 35.5. The van der Waals surface area contributed by atoms with Crippen LogP contribution < -0.4 is 5.73 Å². The Kier molecular flexibility index (Phi) is 4.87. The fraction of sp³-hybridized carbons (Fsp3) is 0.462. The number of hydrogen-bond acceptors (Lipinski definition) is 2. The normalized spacial score (nSPS) is 22.2. The fourth-order valence-electron chi connectivity index (χ4n) is 2.20. The predicted molar refractivity (Wildman–Crippen MR) is 71.3 cm³/mol. The van der Waals surface area contributed by atoms with Crippen LogP contribution in [0.1, 0.15) is 23.7 Å². The van der Waals surface area contributed by atoms with Gasteiger partial charge in [-0.15, -0.1) is 12.4 Å². The molecule has 1 aliphatic rings. The van der Waals surface area contributed by atoms with Gasteiger partial charge in [0.15, 0.2) is 0 Å². The lowest BCUT2D eigenvalue weighted by molar-refractivity contribution is 0.0771. The third kappa shape index (κ3) is 3.22. The van der Waals surface area contributed by atoms with E-state index < -0.39 is 17.5 Å². The average molecular weight is 291 g/mol. The van der Waals surface area contributed by atoms with Crippen LogP contribution in [-0.2, 0) is 0 Å². The molecule has 0 aromatic heterocycles. The molecule has 1 fully saturated rings. The topological polar surface area (TPSA) is 46.3 Å². The monoisotopic (exact) mass is 290 g/mol. The van der Waals surface area contributed by atoms with E-state index in [9.17, 15) is 13.6 Å². The van der Waals surface area contributed by atoms with Gasteiger partial charge in [0.05, 0.1) is 5.56 Å². The van der Waals surface area contributed by atoms with E-state index in [4.69, 9.17) is 5.73 Å². The molecule has 0 aliphatic carbocycles. The largest absolute Gasteiger partial charge is 0.338 e. The molecule has 0 bridgehead atoms. The highest BCUT2D eigenvalue weighted by molar-refractivity contribution is 5.94. The number of nitrogens with two attached hydrogens (primary N) is 1. The van der Waals surface area contributed by atoms with E-state index in [0.29, 0.717) is 19.6 Å². The van der Waals surface area contributed by atoms with Gasteiger partial charge in [-0.05, 0) is 36.6 Å². The van der Waals surface area contributed by atoms with Crippen LogP contribution in [0.25, 0.3) is 0 Å². The zero-order chi connectivity index (χ0) is 13.3. The molecule has 1 aromatic carbocycles. The summed E-state index contributed by atoms with van der Waals surface area (Å²) >= 11 is 0. The molecule has 1 heterocycles. The van der Waals surface area contributed by atoms with Crippen LogP contribution in [0.5, 0.6) is 0 Å². The number of rotatable bonds is 2. The maximum absolute atomic E-state index is 13.5. The van der Waals surface area contributed by atoms with Crippen LogP contribution in [0.4, 0.5) is 8.78 Å². The number of hydrogen-bond donors (Lipinski definition) is 1. The van der Waals surface area contributed by atoms with Gasteiger partial charge in [-0.2, -0.15) is 0 Å². The molecule has 2 rings (SSSR count). The van der Waals surface area contributed by atoms with Crippen LogP contribution in [0, 0.1) is 17.0 Å². The van der Waals surface area contributed by atoms with E-state index >= 15 is 0 Å². The third-order valence-electron chi connectivity index (χ3n) is 3.50. The third-order valence-corrected chi connectivity index (χ3v) is 3.50. The molecule has 0 saturated carbocycles. The number of likely N-dealkylation sites (tertiary alicyclic amines) is 1. The van der Waals surface area contributed by atoms with Crippen molar-refractivity contribution in [2.45, 2.75) is 13.3 Å². The quantitative estimate of drug-likeness (QED) is 0.907. The molecule has 19 heavy (non-hydrogen) atoms. The molecule has 1 amide bonds. The van der Waals surface area contributed by atoms with Gasteiger partial charge in [0, 0.05) is 13.1 Å². The molecule has 0 spiro atoms. The van der Waals surface area contributed by atoms with Gasteiger partial charge >= 0.3 is 0 Å². The number of benzene rings is 1. The highest BCUT2D eigenvalue weighted by Crippen LogP contribution is 2.29. The molecule has 1 aliphatic heterocycles. The molecule has 0 radical (unpaired) electrons. The number of nitrogens with zero attached hydrogens (tertiary/aromatic N) is 1. The van der Waals surface area contributed by atoms with Crippen molar-refractivity contribution >= 4 is 18.3 Å². The Balaban J connectivity index is 0.00000180. The summed E-state index contributed by atoms with van der Waals surface area (Å²) in [7, 11) is 0. The van der Waals surface area contributed by atoms with Gasteiger partial charge < -0.3 is 10.6 Å². The van der Waals surface area contributed by atoms with Crippen LogP contribution in [-0.4, -0.2) is 30.4 Å². The van der Waals surface area contributed by atoms with Crippen LogP contribution in [0.15, 0.2) is 18.2 Å². The van der Waals surface area contributed by atoms with Crippen molar-refractivity contribution in [2.75, 3.05) is 19.6 Å². The number of carbonyl (C=O) groups is 1. The molecule has 1 atom stereocenters. The molecule has 2 N–H and O–H groups in total. The first-order chi connectivity index (χ1) is 8.45. The summed E-state index contributed by atoms with van der Waals surface area (Å²) in [6.07, 6.45) is 0.784. The summed E-state index contributed by atoms with van der Waals surface area (Å²) in [6.45, 7) is 3.48. The summed E-state index contributed by atoms with van der Waals surface area (Å²) < 4.78 is 26.6. The second-order valence-corrected chi connectivity index (χ2v) is 5.12. The predicted octanol–water partition coefficient (Wildman–Crippen LogP) is 2.20. The first kappa shape index (κ1) is 15.9. The highest BCUT2D eigenvalue weighted by Gasteiger charge is 2.35. The van der Waals surface area contributed by atoms with Gasteiger partial charge in [0.25, 0.3) is 5.91 Å². The summed E-state index contributed by atoms with van der Waals surface area (Å²) in [5.41, 5.74) is 5.31. The molecule has 1 aromatic rings. The Morgan fingerprint density at radius 3 is 2.74 bits per heavy atom. The first-order valence-electron chi connectivity index (χ1n) is 5.90. The van der Waals surface area contributed by atoms with Crippen molar-refractivity contribution in [3.8, 4) is 0 Å². The van der Waals surface area contributed by atoms with E-state index in [2.05, 4.69) is 0 Å². The van der Waals surface area contributed by atoms with Crippen molar-refractivity contribution < 1.29 is 13.6 Å². The van der Waals surface area contributed by atoms with E-state index in [1.807, 2.05) is 6.92 Å². The zero-order valence-corrected chi connectivity index (χ0v) is 11.5. The smallest absolute Gasteiger partial charge is 0.256 e. The van der Waals surface area contributed by atoms with Gasteiger partial charge in [0.1, 0.15) is 11.6 Å². The Bertz CT molecular complexity index is 484. The molecule has 6 heteroatoms. The lowest BCUT2D eigenvalue weighted by atomic mass is 9.90. The Hall–Kier alpha value is -1.20. The van der Waals surface area contributed by atoms with E-state index in [1.54, 1.807) is 0 Å². The lowest BCUT2D eigenvalue weighted by Crippen LogP contribution is -2.34. The van der Waals surface area contributed by atoms with Crippen molar-refractivity contribution in [1.82, 2.24) is 4.90 Å². The van der Waals surface area contributed by atoms with Crippen molar-refractivity contribution in [3.63, 3.8) is 0 Å². The SMILES string of the molecule is CC1(CN)CCN(C(=O)c2cc(F)ccc2F)C1.Cl. The van der Waals surface area contributed by atoms with E-state index in [-0.39, 0.29) is 23.4 Å². The standard InChI is InChI=1S/C13H16F2N2O.ClH/c1-13(7-16)4-5-17(8-13)12(18)10-6-9(14)2-3-11(10)15;/h2-3,6H,4-5,7-8,16H2,1H3;1H. The summed E-state index contributed by atoms with van der Waals surface area (Å²) in [6, 6.07) is 2.91. The second kappa shape index (κ2) is 5.84. The first-order valence-corrected chi connectivity index (χ1v) is 5.90. The van der Waals surface area contributed by atoms with Gasteiger partial charge in [0.2, 0.25) is 0 Å². The Morgan fingerprint density at radius 2 is 2.16 bits per heavy atom. The van der Waals surface area contributed by atoms with Crippen LogP contribution in [0.2, 0.25) is 0 Å². The number of amides is 1. The maximum Gasteiger partial charge on any atom is 0.256 e. The van der Waals surface area contributed by atoms with E-state index in [1.165, 1.54) is 4.90 Å². The van der Waals surface area contributed by atoms with Crippen molar-refractivity contribution in [3.05, 3.63) is 35.4 Å². The van der Waals surface area contributed by atoms with Gasteiger partial charge in [-0.25, -0.2) is 8.78 Å². The van der Waals surface area contributed by atoms with Crippen molar-refractivity contribution in [2.24, 2.45) is 11.1 Å².